The summed E-state index contributed by atoms with van der Waals surface area (Å²) >= 11 is 0. The molecule has 4 nitrogen and oxygen atoms in total. The Morgan fingerprint density at radius 2 is 1.63 bits per heavy atom. The molecule has 0 unspecified atom stereocenters. The average molecular weight is 408 g/mol. The van der Waals surface area contributed by atoms with Crippen molar-refractivity contribution in [3.05, 3.63) is 76.5 Å². The van der Waals surface area contributed by atoms with Crippen LogP contribution in [-0.2, 0) is 10.2 Å². The van der Waals surface area contributed by atoms with E-state index in [1.807, 2.05) is 18.2 Å². The van der Waals surface area contributed by atoms with Gasteiger partial charge >= 0.3 is 0 Å². The van der Waals surface area contributed by atoms with Crippen LogP contribution in [-0.4, -0.2) is 37.3 Å². The molecule has 0 N–H and O–H groups in total. The molecule has 0 atom stereocenters. The van der Waals surface area contributed by atoms with Gasteiger partial charge in [-0.15, -0.1) is 0 Å². The number of hydrogen-bond donors (Lipinski definition) is 0. The summed E-state index contributed by atoms with van der Waals surface area (Å²) in [5, 5.41) is 0. The minimum Gasteiger partial charge on any atom is -0.489 e. The maximum atomic E-state index is 13.2. The van der Waals surface area contributed by atoms with Crippen molar-refractivity contribution >= 4 is 17.8 Å². The molecule has 0 aromatic heterocycles. The molecule has 2 aromatic rings. The van der Waals surface area contributed by atoms with E-state index in [9.17, 15) is 9.59 Å². The lowest BCUT2D eigenvalue weighted by Crippen LogP contribution is -2.21. The second-order valence-corrected chi connectivity index (χ2v) is 8.69. The number of carbonyl (C=O) groups is 2. The van der Waals surface area contributed by atoms with Crippen LogP contribution in [0.15, 0.2) is 54.3 Å². The highest BCUT2D eigenvalue weighted by Gasteiger charge is 2.17. The molecule has 1 amide bonds. The van der Waals surface area contributed by atoms with Crippen molar-refractivity contribution in [1.82, 2.24) is 4.90 Å². The highest BCUT2D eigenvalue weighted by Crippen LogP contribution is 2.24. The molecule has 0 fully saturated rings. The van der Waals surface area contributed by atoms with Gasteiger partial charge in [0.05, 0.1) is 6.61 Å². The fourth-order valence-electron chi connectivity index (χ4n) is 2.91. The molecule has 0 saturated carbocycles. The third kappa shape index (κ3) is 6.31. The molecule has 0 heterocycles. The number of hydrogen-bond acceptors (Lipinski definition) is 3. The Balaban J connectivity index is 2.35. The van der Waals surface area contributed by atoms with Crippen molar-refractivity contribution in [3.8, 4) is 0 Å². The number of ketones is 1. The van der Waals surface area contributed by atoms with Gasteiger partial charge in [0.2, 0.25) is 5.78 Å². The fraction of sp³-hybridized carbons (Fsp3) is 0.385. The van der Waals surface area contributed by atoms with Gasteiger partial charge in [0.1, 0.15) is 0 Å². The second-order valence-electron chi connectivity index (χ2n) is 8.69. The molecular weight excluding hydrogens is 374 g/mol. The standard InChI is InChI=1S/C26H33NO3/c1-7-8-16-30-23(18-19-10-9-11-22(17-19)26(2,3)4)24(28)20-12-14-21(15-13-20)25(29)27(5)6/h9-15,17-18H,7-8,16H2,1-6H3. The Morgan fingerprint density at radius 3 is 2.20 bits per heavy atom. The number of amides is 1. The van der Waals surface area contributed by atoms with Crippen LogP contribution >= 0.6 is 0 Å². The number of nitrogens with zero attached hydrogens (tertiary/aromatic N) is 1. The van der Waals surface area contributed by atoms with Crippen molar-refractivity contribution in [2.45, 2.75) is 46.0 Å². The van der Waals surface area contributed by atoms with Gasteiger partial charge in [-0.3, -0.25) is 9.59 Å². The van der Waals surface area contributed by atoms with Gasteiger partial charge in [-0.1, -0.05) is 70.5 Å². The van der Waals surface area contributed by atoms with Crippen LogP contribution in [0.2, 0.25) is 0 Å². The molecule has 0 aliphatic heterocycles. The van der Waals surface area contributed by atoms with Crippen LogP contribution in [0.4, 0.5) is 0 Å². The number of unbranched alkanes of at least 4 members (excludes halogenated alkanes) is 1. The van der Waals surface area contributed by atoms with Crippen molar-refractivity contribution < 1.29 is 14.3 Å². The minimum atomic E-state index is -0.184. The third-order valence-corrected chi connectivity index (χ3v) is 4.83. The molecule has 0 aliphatic carbocycles. The first kappa shape index (κ1) is 23.4. The van der Waals surface area contributed by atoms with E-state index in [4.69, 9.17) is 4.74 Å². The number of allylic oxidation sites excluding steroid dienone is 1. The topological polar surface area (TPSA) is 46.6 Å². The fourth-order valence-corrected chi connectivity index (χ4v) is 2.91. The monoisotopic (exact) mass is 407 g/mol. The zero-order chi connectivity index (χ0) is 22.3. The molecule has 0 saturated heterocycles. The summed E-state index contributed by atoms with van der Waals surface area (Å²) in [5.74, 6) is 0.0419. The normalized spacial score (nSPS) is 11.9. The Kier molecular flexibility index (Phi) is 7.99. The second kappa shape index (κ2) is 10.2. The number of benzene rings is 2. The summed E-state index contributed by atoms with van der Waals surface area (Å²) in [5.41, 5.74) is 3.20. The number of ether oxygens (including phenoxy) is 1. The third-order valence-electron chi connectivity index (χ3n) is 4.83. The summed E-state index contributed by atoms with van der Waals surface area (Å²) in [4.78, 5) is 26.8. The molecule has 160 valence electrons. The number of carbonyl (C=O) groups excluding carboxylic acids is 2. The molecule has 4 heteroatoms. The number of rotatable bonds is 8. The van der Waals surface area contributed by atoms with Crippen molar-refractivity contribution in [2.75, 3.05) is 20.7 Å². The smallest absolute Gasteiger partial charge is 0.253 e. The molecule has 0 radical (unpaired) electrons. The van der Waals surface area contributed by atoms with Crippen LogP contribution in [0.5, 0.6) is 0 Å². The van der Waals surface area contributed by atoms with E-state index in [1.165, 1.54) is 10.5 Å². The van der Waals surface area contributed by atoms with Crippen molar-refractivity contribution in [2.24, 2.45) is 0 Å². The van der Waals surface area contributed by atoms with Crippen LogP contribution in [0.1, 0.15) is 72.4 Å². The van der Waals surface area contributed by atoms with Gasteiger partial charge in [0.15, 0.2) is 5.76 Å². The maximum absolute atomic E-state index is 13.2. The highest BCUT2D eigenvalue weighted by molar-refractivity contribution is 6.10. The predicted molar refractivity (Wildman–Crippen MR) is 123 cm³/mol. The van der Waals surface area contributed by atoms with Gasteiger partial charge in [-0.05, 0) is 41.2 Å². The molecule has 30 heavy (non-hydrogen) atoms. The Morgan fingerprint density at radius 1 is 1.00 bits per heavy atom. The first-order chi connectivity index (χ1) is 14.1. The largest absolute Gasteiger partial charge is 0.489 e. The van der Waals surface area contributed by atoms with E-state index in [0.717, 1.165) is 18.4 Å². The lowest BCUT2D eigenvalue weighted by atomic mass is 9.86. The van der Waals surface area contributed by atoms with E-state index in [2.05, 4.69) is 39.8 Å². The molecule has 2 rings (SSSR count). The quantitative estimate of drug-likeness (QED) is 0.243. The van der Waals surface area contributed by atoms with Crippen LogP contribution < -0.4 is 0 Å². The summed E-state index contributed by atoms with van der Waals surface area (Å²) < 4.78 is 5.88. The maximum Gasteiger partial charge on any atom is 0.253 e. The first-order valence-corrected chi connectivity index (χ1v) is 10.4. The Labute approximate surface area is 180 Å². The SMILES string of the molecule is CCCCOC(=Cc1cccc(C(C)(C)C)c1)C(=O)c1ccc(C(=O)N(C)C)cc1. The predicted octanol–water partition coefficient (Wildman–Crippen LogP) is 5.73. The van der Waals surface area contributed by atoms with E-state index in [1.54, 1.807) is 38.4 Å². The van der Waals surface area contributed by atoms with Gasteiger partial charge in [0, 0.05) is 25.2 Å². The molecule has 0 aliphatic rings. The lowest BCUT2D eigenvalue weighted by Gasteiger charge is -2.19. The zero-order valence-corrected chi connectivity index (χ0v) is 19.0. The van der Waals surface area contributed by atoms with Crippen LogP contribution in [0.25, 0.3) is 6.08 Å². The van der Waals surface area contributed by atoms with Gasteiger partial charge in [0.25, 0.3) is 5.91 Å². The van der Waals surface area contributed by atoms with E-state index < -0.39 is 0 Å². The highest BCUT2D eigenvalue weighted by atomic mass is 16.5. The molecule has 0 bridgehead atoms. The molecular formula is C26H33NO3. The first-order valence-electron chi connectivity index (χ1n) is 10.4. The molecule has 0 spiro atoms. The van der Waals surface area contributed by atoms with Crippen molar-refractivity contribution in [1.29, 1.82) is 0 Å². The summed E-state index contributed by atoms with van der Waals surface area (Å²) in [6.07, 6.45) is 3.68. The van der Waals surface area contributed by atoms with Gasteiger partial charge < -0.3 is 9.64 Å². The van der Waals surface area contributed by atoms with E-state index in [0.29, 0.717) is 23.5 Å². The number of Topliss-reactive ketones (excluding diaryl/α,β-unsaturated/α-hetero) is 1. The summed E-state index contributed by atoms with van der Waals surface area (Å²) in [6, 6.07) is 14.9. The van der Waals surface area contributed by atoms with E-state index >= 15 is 0 Å². The van der Waals surface area contributed by atoms with Crippen molar-refractivity contribution in [3.63, 3.8) is 0 Å². The zero-order valence-electron chi connectivity index (χ0n) is 19.0. The lowest BCUT2D eigenvalue weighted by molar-refractivity contribution is 0.0826. The minimum absolute atomic E-state index is 0.0197. The van der Waals surface area contributed by atoms with Crippen LogP contribution in [0.3, 0.4) is 0 Å². The van der Waals surface area contributed by atoms with Gasteiger partial charge in [-0.25, -0.2) is 0 Å². The van der Waals surface area contributed by atoms with Crippen LogP contribution in [0, 0.1) is 0 Å². The summed E-state index contributed by atoms with van der Waals surface area (Å²) in [7, 11) is 3.41. The van der Waals surface area contributed by atoms with E-state index in [-0.39, 0.29) is 17.1 Å². The molecule has 2 aromatic carbocycles. The Hall–Kier alpha value is -2.88. The van der Waals surface area contributed by atoms with Gasteiger partial charge in [-0.2, -0.15) is 0 Å². The average Bonchev–Trinajstić information content (AvgIpc) is 2.71. The summed E-state index contributed by atoms with van der Waals surface area (Å²) in [6.45, 7) is 9.06. The Bertz CT molecular complexity index is 903.